The number of anilines is 1. The van der Waals surface area contributed by atoms with Crippen molar-refractivity contribution in [3.8, 4) is 0 Å². The maximum absolute atomic E-state index is 12.3. The lowest BCUT2D eigenvalue weighted by atomic mass is 9.92. The number of thioether (sulfide) groups is 1. The summed E-state index contributed by atoms with van der Waals surface area (Å²) in [5.41, 5.74) is 0.779. The van der Waals surface area contributed by atoms with Crippen molar-refractivity contribution in [2.75, 3.05) is 24.2 Å². The molecular weight excluding hydrogens is 296 g/mol. The monoisotopic (exact) mass is 320 g/mol. The van der Waals surface area contributed by atoms with Gasteiger partial charge in [0.2, 0.25) is 11.8 Å². The number of likely N-dealkylation sites (tertiary alicyclic amines) is 1. The second-order valence-corrected chi connectivity index (χ2v) is 7.29. The number of nitrogens with one attached hydrogen (secondary N) is 1. The third-order valence-electron chi connectivity index (χ3n) is 3.76. The van der Waals surface area contributed by atoms with Gasteiger partial charge in [-0.05, 0) is 42.5 Å². The molecule has 0 aliphatic carbocycles. The van der Waals surface area contributed by atoms with E-state index in [1.54, 1.807) is 11.8 Å². The van der Waals surface area contributed by atoms with Crippen LogP contribution in [0.5, 0.6) is 0 Å². The summed E-state index contributed by atoms with van der Waals surface area (Å²) in [6.07, 6.45) is 1.21. The molecular formula is C17H24N2O2S. The predicted octanol–water partition coefficient (Wildman–Crippen LogP) is 3.24. The molecule has 1 N–H and O–H groups in total. The Hall–Kier alpha value is -1.49. The number of hydrogen-bond acceptors (Lipinski definition) is 3. The van der Waals surface area contributed by atoms with Gasteiger partial charge in [0.15, 0.2) is 0 Å². The molecule has 0 bridgehead atoms. The van der Waals surface area contributed by atoms with Crippen molar-refractivity contribution in [2.45, 2.75) is 32.1 Å². The molecule has 0 spiro atoms. The van der Waals surface area contributed by atoms with E-state index in [2.05, 4.69) is 19.2 Å². The zero-order valence-corrected chi connectivity index (χ0v) is 14.3. The summed E-state index contributed by atoms with van der Waals surface area (Å²) < 4.78 is 0. The fourth-order valence-electron chi connectivity index (χ4n) is 2.94. The number of rotatable bonds is 4. The second kappa shape index (κ2) is 7.68. The van der Waals surface area contributed by atoms with Gasteiger partial charge < -0.3 is 10.2 Å². The van der Waals surface area contributed by atoms with Gasteiger partial charge in [0.1, 0.15) is 0 Å². The number of nitrogens with zero attached hydrogens (tertiary/aromatic N) is 1. The average molecular weight is 320 g/mol. The predicted molar refractivity (Wildman–Crippen MR) is 91.0 cm³/mol. The highest BCUT2D eigenvalue weighted by Crippen LogP contribution is 2.24. The van der Waals surface area contributed by atoms with Crippen LogP contribution in [0, 0.1) is 11.8 Å². The molecule has 1 aliphatic heterocycles. The molecule has 1 aliphatic rings. The molecule has 22 heavy (non-hydrogen) atoms. The normalized spacial score (nSPS) is 21.5. The van der Waals surface area contributed by atoms with E-state index in [0.717, 1.165) is 23.7 Å². The SMILES string of the molecule is CC(=O)Nc1ccc(SCC(=O)N2C[C@H](C)C[C@H](C)C2)cc1. The van der Waals surface area contributed by atoms with E-state index in [1.807, 2.05) is 29.2 Å². The molecule has 0 unspecified atom stereocenters. The van der Waals surface area contributed by atoms with Crippen LogP contribution in [0.4, 0.5) is 5.69 Å². The lowest BCUT2D eigenvalue weighted by molar-refractivity contribution is -0.131. The second-order valence-electron chi connectivity index (χ2n) is 6.24. The maximum atomic E-state index is 12.3. The topological polar surface area (TPSA) is 49.4 Å². The minimum Gasteiger partial charge on any atom is -0.341 e. The van der Waals surface area contributed by atoms with Crippen LogP contribution >= 0.6 is 11.8 Å². The largest absolute Gasteiger partial charge is 0.341 e. The molecule has 1 fully saturated rings. The van der Waals surface area contributed by atoms with Crippen molar-refractivity contribution in [1.29, 1.82) is 0 Å². The number of carbonyl (C=O) groups is 2. The van der Waals surface area contributed by atoms with E-state index in [9.17, 15) is 9.59 Å². The van der Waals surface area contributed by atoms with E-state index in [-0.39, 0.29) is 11.8 Å². The number of piperidine rings is 1. The summed E-state index contributed by atoms with van der Waals surface area (Å²) in [4.78, 5) is 26.3. The molecule has 0 saturated carbocycles. The molecule has 1 saturated heterocycles. The summed E-state index contributed by atoms with van der Waals surface area (Å²) in [7, 11) is 0. The molecule has 5 heteroatoms. The summed E-state index contributed by atoms with van der Waals surface area (Å²) in [6.45, 7) is 7.67. The smallest absolute Gasteiger partial charge is 0.232 e. The van der Waals surface area contributed by atoms with Crippen molar-refractivity contribution in [1.82, 2.24) is 4.90 Å². The van der Waals surface area contributed by atoms with Gasteiger partial charge in [0.25, 0.3) is 0 Å². The Morgan fingerprint density at radius 1 is 1.18 bits per heavy atom. The molecule has 120 valence electrons. The Morgan fingerprint density at radius 3 is 2.32 bits per heavy atom. The number of carbonyl (C=O) groups excluding carboxylic acids is 2. The van der Waals surface area contributed by atoms with Crippen LogP contribution in [0.25, 0.3) is 0 Å². The zero-order valence-electron chi connectivity index (χ0n) is 13.5. The molecule has 2 atom stereocenters. The van der Waals surface area contributed by atoms with Gasteiger partial charge in [-0.15, -0.1) is 11.8 Å². The van der Waals surface area contributed by atoms with Gasteiger partial charge in [-0.1, -0.05) is 13.8 Å². The quantitative estimate of drug-likeness (QED) is 0.867. The standard InChI is InChI=1S/C17H24N2O2S/c1-12-8-13(2)10-19(9-12)17(21)11-22-16-6-4-15(5-7-16)18-14(3)20/h4-7,12-13H,8-11H2,1-3H3,(H,18,20)/t12-,13+. The lowest BCUT2D eigenvalue weighted by Crippen LogP contribution is -2.43. The van der Waals surface area contributed by atoms with Gasteiger partial charge >= 0.3 is 0 Å². The molecule has 4 nitrogen and oxygen atoms in total. The van der Waals surface area contributed by atoms with Crippen molar-refractivity contribution in [2.24, 2.45) is 11.8 Å². The van der Waals surface area contributed by atoms with Crippen LogP contribution in [0.15, 0.2) is 29.2 Å². The highest BCUT2D eigenvalue weighted by molar-refractivity contribution is 8.00. The first-order valence-corrected chi connectivity index (χ1v) is 8.71. The van der Waals surface area contributed by atoms with Crippen LogP contribution in [0.3, 0.4) is 0 Å². The first-order valence-electron chi connectivity index (χ1n) is 7.72. The third kappa shape index (κ3) is 5.05. The van der Waals surface area contributed by atoms with E-state index >= 15 is 0 Å². The van der Waals surface area contributed by atoms with E-state index < -0.39 is 0 Å². The van der Waals surface area contributed by atoms with Gasteiger partial charge in [-0.2, -0.15) is 0 Å². The minimum atomic E-state index is -0.0797. The fourth-order valence-corrected chi connectivity index (χ4v) is 3.74. The van der Waals surface area contributed by atoms with Gasteiger partial charge in [-0.25, -0.2) is 0 Å². The molecule has 2 rings (SSSR count). The molecule has 0 radical (unpaired) electrons. The Morgan fingerprint density at radius 2 is 1.77 bits per heavy atom. The Labute approximate surface area is 136 Å². The van der Waals surface area contributed by atoms with Crippen molar-refractivity contribution in [3.05, 3.63) is 24.3 Å². The lowest BCUT2D eigenvalue weighted by Gasteiger charge is -2.35. The van der Waals surface area contributed by atoms with E-state index in [0.29, 0.717) is 17.6 Å². The summed E-state index contributed by atoms with van der Waals surface area (Å²) in [5, 5.41) is 2.73. The van der Waals surface area contributed by atoms with Gasteiger partial charge in [-0.3, -0.25) is 9.59 Å². The zero-order chi connectivity index (χ0) is 16.1. The Bertz CT molecular complexity index is 520. The van der Waals surface area contributed by atoms with E-state index in [1.165, 1.54) is 13.3 Å². The van der Waals surface area contributed by atoms with Crippen molar-refractivity contribution in [3.63, 3.8) is 0 Å². The Kier molecular flexibility index (Phi) is 5.89. The van der Waals surface area contributed by atoms with Gasteiger partial charge in [0.05, 0.1) is 5.75 Å². The van der Waals surface area contributed by atoms with Crippen molar-refractivity contribution < 1.29 is 9.59 Å². The first kappa shape index (κ1) is 16.9. The highest BCUT2D eigenvalue weighted by atomic mass is 32.2. The van der Waals surface area contributed by atoms with Crippen LogP contribution < -0.4 is 5.32 Å². The molecule has 1 aromatic rings. The summed E-state index contributed by atoms with van der Waals surface area (Å²) in [5.74, 6) is 1.79. The molecule has 1 heterocycles. The molecule has 0 aromatic heterocycles. The van der Waals surface area contributed by atoms with Crippen LogP contribution in [0.1, 0.15) is 27.2 Å². The van der Waals surface area contributed by atoms with Gasteiger partial charge in [0, 0.05) is 30.6 Å². The number of amides is 2. The van der Waals surface area contributed by atoms with Crippen LogP contribution in [0.2, 0.25) is 0 Å². The number of hydrogen-bond donors (Lipinski definition) is 1. The Balaban J connectivity index is 1.84. The van der Waals surface area contributed by atoms with Crippen LogP contribution in [-0.2, 0) is 9.59 Å². The minimum absolute atomic E-state index is 0.0797. The van der Waals surface area contributed by atoms with Crippen LogP contribution in [-0.4, -0.2) is 35.6 Å². The summed E-state index contributed by atoms with van der Waals surface area (Å²) in [6, 6.07) is 7.59. The highest BCUT2D eigenvalue weighted by Gasteiger charge is 2.25. The van der Waals surface area contributed by atoms with E-state index in [4.69, 9.17) is 0 Å². The molecule has 1 aromatic carbocycles. The third-order valence-corrected chi connectivity index (χ3v) is 4.76. The number of benzene rings is 1. The van der Waals surface area contributed by atoms with Crippen molar-refractivity contribution >= 4 is 29.3 Å². The first-order chi connectivity index (χ1) is 10.4. The average Bonchev–Trinajstić information content (AvgIpc) is 2.44. The maximum Gasteiger partial charge on any atom is 0.232 e. The fraction of sp³-hybridized carbons (Fsp3) is 0.529. The summed E-state index contributed by atoms with van der Waals surface area (Å²) >= 11 is 1.55. The molecule has 2 amide bonds.